The van der Waals surface area contributed by atoms with E-state index < -0.39 is 11.5 Å². The normalized spacial score (nSPS) is 12.1. The maximum absolute atomic E-state index is 12.5. The predicted molar refractivity (Wildman–Crippen MR) is 93.5 cm³/mol. The number of fused-ring (bicyclic) bond motifs is 1. The van der Waals surface area contributed by atoms with Crippen LogP contribution in [0.1, 0.15) is 34.5 Å². The average Bonchev–Trinajstić information content (AvgIpc) is 2.56. The molecule has 122 valence electrons. The van der Waals surface area contributed by atoms with Crippen LogP contribution in [0, 0.1) is 6.92 Å². The van der Waals surface area contributed by atoms with Crippen LogP contribution in [0.5, 0.6) is 0 Å². The summed E-state index contributed by atoms with van der Waals surface area (Å²) < 4.78 is 1.38. The van der Waals surface area contributed by atoms with E-state index in [0.29, 0.717) is 10.7 Å². The number of nitrogens with one attached hydrogen (secondary N) is 1. The Morgan fingerprint density at radius 2 is 2.00 bits per heavy atom. The molecule has 6 heteroatoms. The van der Waals surface area contributed by atoms with Gasteiger partial charge in [0, 0.05) is 17.4 Å². The molecule has 0 aliphatic rings. The third-order valence-electron chi connectivity index (χ3n) is 3.81. The second kappa shape index (κ2) is 6.45. The Balaban J connectivity index is 1.93. The highest BCUT2D eigenvalue weighted by atomic mass is 35.5. The van der Waals surface area contributed by atoms with Gasteiger partial charge in [0.15, 0.2) is 0 Å². The molecule has 1 unspecified atom stereocenters. The van der Waals surface area contributed by atoms with Gasteiger partial charge in [-0.15, -0.1) is 0 Å². The summed E-state index contributed by atoms with van der Waals surface area (Å²) in [5.74, 6) is -0.476. The molecule has 3 aromatic rings. The summed E-state index contributed by atoms with van der Waals surface area (Å²) in [4.78, 5) is 29.2. The first kappa shape index (κ1) is 16.2. The van der Waals surface area contributed by atoms with Crippen molar-refractivity contribution in [2.75, 3.05) is 0 Å². The largest absolute Gasteiger partial charge is 0.345 e. The van der Waals surface area contributed by atoms with Crippen molar-refractivity contribution < 1.29 is 4.79 Å². The molecule has 0 aliphatic heterocycles. The minimum absolute atomic E-state index is 0.00277. The highest BCUT2D eigenvalue weighted by molar-refractivity contribution is 6.31. The summed E-state index contributed by atoms with van der Waals surface area (Å²) in [6, 6.07) is 10.5. The van der Waals surface area contributed by atoms with Crippen molar-refractivity contribution in [2.24, 2.45) is 0 Å². The molecular formula is C18H16ClN3O2. The third-order valence-corrected chi connectivity index (χ3v) is 4.16. The molecule has 2 aromatic heterocycles. The van der Waals surface area contributed by atoms with Crippen LogP contribution >= 0.6 is 11.6 Å². The van der Waals surface area contributed by atoms with E-state index in [9.17, 15) is 9.59 Å². The Morgan fingerprint density at radius 1 is 1.25 bits per heavy atom. The smallest absolute Gasteiger partial charge is 0.270 e. The van der Waals surface area contributed by atoms with Crippen LogP contribution in [0.3, 0.4) is 0 Å². The number of aromatic nitrogens is 2. The standard InChI is InChI=1S/C18H16ClN3O2/c1-11-7-8-16-20-9-14(18(24)22(16)10-11)17(23)21-12(2)13-5-3-4-6-15(13)19/h3-10,12H,1-2H3,(H,21,23). The molecule has 0 spiro atoms. The van der Waals surface area contributed by atoms with Crippen molar-refractivity contribution in [3.8, 4) is 0 Å². The van der Waals surface area contributed by atoms with Gasteiger partial charge in [-0.25, -0.2) is 4.98 Å². The summed E-state index contributed by atoms with van der Waals surface area (Å²) in [5.41, 5.74) is 1.80. The second-order valence-electron chi connectivity index (χ2n) is 5.63. The van der Waals surface area contributed by atoms with Crippen molar-refractivity contribution in [2.45, 2.75) is 19.9 Å². The fourth-order valence-corrected chi connectivity index (χ4v) is 2.82. The van der Waals surface area contributed by atoms with Gasteiger partial charge in [-0.1, -0.05) is 35.9 Å². The van der Waals surface area contributed by atoms with Crippen molar-refractivity contribution >= 4 is 23.2 Å². The van der Waals surface area contributed by atoms with Crippen LogP contribution in [-0.4, -0.2) is 15.3 Å². The quantitative estimate of drug-likeness (QED) is 0.796. The zero-order valence-corrected chi connectivity index (χ0v) is 14.0. The number of pyridine rings is 1. The molecule has 0 bridgehead atoms. The lowest BCUT2D eigenvalue weighted by Gasteiger charge is -2.15. The number of rotatable bonds is 3. The van der Waals surface area contributed by atoms with Crippen LogP contribution in [-0.2, 0) is 0 Å². The summed E-state index contributed by atoms with van der Waals surface area (Å²) >= 11 is 6.15. The molecule has 1 aromatic carbocycles. The number of aryl methyl sites for hydroxylation is 1. The molecule has 24 heavy (non-hydrogen) atoms. The maximum Gasteiger partial charge on any atom is 0.270 e. The van der Waals surface area contributed by atoms with Crippen molar-refractivity contribution in [3.05, 3.63) is 80.9 Å². The molecule has 1 N–H and O–H groups in total. The SMILES string of the molecule is Cc1ccc2ncc(C(=O)NC(C)c3ccccc3Cl)c(=O)n2c1. The first-order valence-electron chi connectivity index (χ1n) is 7.50. The number of halogens is 1. The first-order valence-corrected chi connectivity index (χ1v) is 7.88. The van der Waals surface area contributed by atoms with Crippen LogP contribution < -0.4 is 10.9 Å². The van der Waals surface area contributed by atoms with Gasteiger partial charge >= 0.3 is 0 Å². The van der Waals surface area contributed by atoms with Crippen LogP contribution in [0.15, 0.2) is 53.6 Å². The molecule has 5 nitrogen and oxygen atoms in total. The molecule has 0 aliphatic carbocycles. The zero-order chi connectivity index (χ0) is 17.3. The Bertz CT molecular complexity index is 981. The molecular weight excluding hydrogens is 326 g/mol. The Kier molecular flexibility index (Phi) is 4.36. The zero-order valence-electron chi connectivity index (χ0n) is 13.3. The van der Waals surface area contributed by atoms with Crippen LogP contribution in [0.2, 0.25) is 5.02 Å². The lowest BCUT2D eigenvalue weighted by Crippen LogP contribution is -2.33. The monoisotopic (exact) mass is 341 g/mol. The number of carbonyl (C=O) groups excluding carboxylic acids is 1. The highest BCUT2D eigenvalue weighted by Crippen LogP contribution is 2.22. The average molecular weight is 342 g/mol. The molecule has 0 saturated heterocycles. The van der Waals surface area contributed by atoms with Crippen molar-refractivity contribution in [1.29, 1.82) is 0 Å². The van der Waals surface area contributed by atoms with E-state index >= 15 is 0 Å². The Labute approximate surface area is 143 Å². The van der Waals surface area contributed by atoms with Gasteiger partial charge in [0.1, 0.15) is 11.2 Å². The molecule has 0 fully saturated rings. The lowest BCUT2D eigenvalue weighted by atomic mass is 10.1. The predicted octanol–water partition coefficient (Wildman–Crippen LogP) is 3.15. The summed E-state index contributed by atoms with van der Waals surface area (Å²) in [6.45, 7) is 3.69. The van der Waals surface area contributed by atoms with E-state index in [4.69, 9.17) is 11.6 Å². The molecule has 2 heterocycles. The lowest BCUT2D eigenvalue weighted by molar-refractivity contribution is 0.0938. The highest BCUT2D eigenvalue weighted by Gasteiger charge is 2.17. The minimum Gasteiger partial charge on any atom is -0.345 e. The third kappa shape index (κ3) is 3.03. The van der Waals surface area contributed by atoms with E-state index in [1.807, 2.05) is 38.1 Å². The molecule has 0 saturated carbocycles. The Morgan fingerprint density at radius 3 is 2.75 bits per heavy atom. The number of carbonyl (C=O) groups is 1. The maximum atomic E-state index is 12.5. The van der Waals surface area contributed by atoms with E-state index in [2.05, 4.69) is 10.3 Å². The summed E-state index contributed by atoms with van der Waals surface area (Å²) in [7, 11) is 0. The van der Waals surface area contributed by atoms with Gasteiger partial charge in [-0.05, 0) is 37.1 Å². The minimum atomic E-state index is -0.476. The number of hydrogen-bond acceptors (Lipinski definition) is 3. The van der Waals surface area contributed by atoms with E-state index in [-0.39, 0.29) is 11.6 Å². The summed E-state index contributed by atoms with van der Waals surface area (Å²) in [5, 5.41) is 3.36. The topological polar surface area (TPSA) is 63.5 Å². The van der Waals surface area contributed by atoms with Gasteiger partial charge in [-0.2, -0.15) is 0 Å². The van der Waals surface area contributed by atoms with Crippen molar-refractivity contribution in [3.63, 3.8) is 0 Å². The van der Waals surface area contributed by atoms with E-state index in [1.165, 1.54) is 10.6 Å². The van der Waals surface area contributed by atoms with Gasteiger partial charge in [0.25, 0.3) is 11.5 Å². The first-order chi connectivity index (χ1) is 11.5. The van der Waals surface area contributed by atoms with E-state index in [1.54, 1.807) is 18.3 Å². The van der Waals surface area contributed by atoms with Crippen molar-refractivity contribution in [1.82, 2.24) is 14.7 Å². The fourth-order valence-electron chi connectivity index (χ4n) is 2.52. The van der Waals surface area contributed by atoms with Gasteiger partial charge in [-0.3, -0.25) is 14.0 Å². The Hall–Kier alpha value is -2.66. The van der Waals surface area contributed by atoms with Crippen LogP contribution in [0.4, 0.5) is 0 Å². The number of amides is 1. The molecule has 1 atom stereocenters. The van der Waals surface area contributed by atoms with E-state index in [0.717, 1.165) is 11.1 Å². The van der Waals surface area contributed by atoms with Crippen LogP contribution in [0.25, 0.3) is 5.65 Å². The van der Waals surface area contributed by atoms with Gasteiger partial charge in [0.2, 0.25) is 0 Å². The second-order valence-corrected chi connectivity index (χ2v) is 6.04. The number of benzene rings is 1. The van der Waals surface area contributed by atoms with Gasteiger partial charge in [0.05, 0.1) is 6.04 Å². The number of nitrogens with zero attached hydrogens (tertiary/aromatic N) is 2. The number of hydrogen-bond donors (Lipinski definition) is 1. The molecule has 1 amide bonds. The molecule has 0 radical (unpaired) electrons. The summed E-state index contributed by atoms with van der Waals surface area (Å²) in [6.07, 6.45) is 2.97. The molecule has 3 rings (SSSR count). The van der Waals surface area contributed by atoms with Gasteiger partial charge < -0.3 is 5.32 Å². The fraction of sp³-hybridized carbons (Fsp3) is 0.167.